The number of nitrogens with two attached hydrogens (primary N) is 2. The van der Waals surface area contributed by atoms with Crippen molar-refractivity contribution < 1.29 is 14.3 Å². The van der Waals surface area contributed by atoms with Crippen molar-refractivity contribution in [3.8, 4) is 0 Å². The molecule has 1 saturated carbocycles. The summed E-state index contributed by atoms with van der Waals surface area (Å²) in [4.78, 5) is 20.2. The standard InChI is InChI=1S/C4H8N2O2.C4H7NO/c1-2-8-4(7)3(5)6;5-4(6)3-1-2-3/h2H2,1H3,(H3,5,6);3H,1-2H2,(H2,5,6). The van der Waals surface area contributed by atoms with Crippen LogP contribution >= 0.6 is 0 Å². The second kappa shape index (κ2) is 5.95. The minimum absolute atomic E-state index is 0.130. The summed E-state index contributed by atoms with van der Waals surface area (Å²) in [5.41, 5.74) is 9.59. The second-order valence-electron chi connectivity index (χ2n) is 2.81. The first-order valence-electron chi connectivity index (χ1n) is 4.29. The molecule has 0 spiro atoms. The Morgan fingerprint density at radius 2 is 1.93 bits per heavy atom. The molecule has 1 rings (SSSR count). The van der Waals surface area contributed by atoms with E-state index in [1.165, 1.54) is 0 Å². The second-order valence-corrected chi connectivity index (χ2v) is 2.81. The monoisotopic (exact) mass is 201 g/mol. The van der Waals surface area contributed by atoms with Gasteiger partial charge in [-0.1, -0.05) is 0 Å². The number of carbonyl (C=O) groups is 2. The lowest BCUT2D eigenvalue weighted by molar-refractivity contribution is -0.135. The summed E-state index contributed by atoms with van der Waals surface area (Å²) >= 11 is 0. The van der Waals surface area contributed by atoms with Crippen LogP contribution in [-0.2, 0) is 14.3 Å². The minimum Gasteiger partial charge on any atom is -0.460 e. The molecule has 0 bridgehead atoms. The van der Waals surface area contributed by atoms with Crippen molar-refractivity contribution >= 4 is 17.7 Å². The Hall–Kier alpha value is -1.59. The van der Waals surface area contributed by atoms with E-state index in [9.17, 15) is 9.59 Å². The van der Waals surface area contributed by atoms with Gasteiger partial charge in [-0.05, 0) is 19.8 Å². The van der Waals surface area contributed by atoms with Gasteiger partial charge in [0.2, 0.25) is 11.7 Å². The summed E-state index contributed by atoms with van der Waals surface area (Å²) in [6.07, 6.45) is 2.05. The fourth-order valence-corrected chi connectivity index (χ4v) is 0.577. The number of ether oxygens (including phenoxy) is 1. The third-order valence-electron chi connectivity index (χ3n) is 1.48. The Bertz CT molecular complexity index is 236. The predicted molar refractivity (Wildman–Crippen MR) is 50.5 cm³/mol. The van der Waals surface area contributed by atoms with Crippen molar-refractivity contribution in [1.29, 1.82) is 5.41 Å². The summed E-state index contributed by atoms with van der Waals surface area (Å²) in [6.45, 7) is 1.92. The minimum atomic E-state index is -0.757. The van der Waals surface area contributed by atoms with Crippen LogP contribution < -0.4 is 11.5 Å². The summed E-state index contributed by atoms with van der Waals surface area (Å²) in [5, 5.41) is 6.51. The number of nitrogens with one attached hydrogen (secondary N) is 1. The van der Waals surface area contributed by atoms with Gasteiger partial charge in [0.25, 0.3) is 0 Å². The fraction of sp³-hybridized carbons (Fsp3) is 0.625. The molecule has 0 saturated heterocycles. The van der Waals surface area contributed by atoms with Crippen LogP contribution in [-0.4, -0.2) is 24.3 Å². The fourth-order valence-electron chi connectivity index (χ4n) is 0.577. The number of primary amides is 1. The van der Waals surface area contributed by atoms with E-state index in [0.29, 0.717) is 0 Å². The highest BCUT2D eigenvalue weighted by Crippen LogP contribution is 2.27. The van der Waals surface area contributed by atoms with Crippen LogP contribution in [0.5, 0.6) is 0 Å². The highest BCUT2D eigenvalue weighted by molar-refractivity contribution is 6.33. The van der Waals surface area contributed by atoms with E-state index in [-0.39, 0.29) is 18.4 Å². The van der Waals surface area contributed by atoms with Gasteiger partial charge in [0, 0.05) is 5.92 Å². The van der Waals surface area contributed by atoms with Crippen molar-refractivity contribution in [2.75, 3.05) is 6.61 Å². The number of hydrogen-bond acceptors (Lipinski definition) is 4. The molecule has 0 atom stereocenters. The van der Waals surface area contributed by atoms with Crippen LogP contribution in [0.25, 0.3) is 0 Å². The first-order valence-corrected chi connectivity index (χ1v) is 4.29. The lowest BCUT2D eigenvalue weighted by Crippen LogP contribution is -2.24. The number of amides is 1. The molecular weight excluding hydrogens is 186 g/mol. The summed E-state index contributed by atoms with van der Waals surface area (Å²) in [5.74, 6) is -1.20. The average Bonchev–Trinajstić information content (AvgIpc) is 2.87. The summed E-state index contributed by atoms with van der Waals surface area (Å²) in [7, 11) is 0. The first kappa shape index (κ1) is 12.4. The predicted octanol–water partition coefficient (Wildman–Crippen LogP) is -0.633. The molecule has 6 heteroatoms. The van der Waals surface area contributed by atoms with Crippen LogP contribution in [0.3, 0.4) is 0 Å². The third kappa shape index (κ3) is 5.99. The Labute approximate surface area is 82.1 Å². The van der Waals surface area contributed by atoms with Crippen molar-refractivity contribution in [3.63, 3.8) is 0 Å². The van der Waals surface area contributed by atoms with Gasteiger partial charge in [-0.15, -0.1) is 0 Å². The molecular formula is C8H15N3O3. The lowest BCUT2D eigenvalue weighted by atomic mass is 10.4. The zero-order valence-corrected chi connectivity index (χ0v) is 8.08. The molecule has 6 nitrogen and oxygen atoms in total. The normalized spacial score (nSPS) is 13.5. The van der Waals surface area contributed by atoms with E-state index in [2.05, 4.69) is 4.74 Å². The molecule has 5 N–H and O–H groups in total. The number of rotatable bonds is 2. The van der Waals surface area contributed by atoms with E-state index in [1.54, 1.807) is 6.92 Å². The molecule has 1 fully saturated rings. The van der Waals surface area contributed by atoms with Crippen molar-refractivity contribution in [2.24, 2.45) is 17.4 Å². The lowest BCUT2D eigenvalue weighted by Gasteiger charge is -1.95. The molecule has 0 aromatic rings. The highest BCUT2D eigenvalue weighted by atomic mass is 16.5. The van der Waals surface area contributed by atoms with Gasteiger partial charge in [0.15, 0.2) is 0 Å². The van der Waals surface area contributed by atoms with Gasteiger partial charge in [-0.2, -0.15) is 0 Å². The van der Waals surface area contributed by atoms with Crippen molar-refractivity contribution in [1.82, 2.24) is 0 Å². The number of amidine groups is 1. The van der Waals surface area contributed by atoms with Gasteiger partial charge in [-0.3, -0.25) is 10.2 Å². The summed E-state index contributed by atoms with van der Waals surface area (Å²) < 4.78 is 4.31. The molecule has 1 aliphatic carbocycles. The molecule has 0 aromatic heterocycles. The number of hydrogen-bond donors (Lipinski definition) is 3. The maximum atomic E-state index is 10.2. The van der Waals surface area contributed by atoms with Crippen molar-refractivity contribution in [2.45, 2.75) is 19.8 Å². The maximum Gasteiger partial charge on any atom is 0.373 e. The van der Waals surface area contributed by atoms with Crippen molar-refractivity contribution in [3.05, 3.63) is 0 Å². The van der Waals surface area contributed by atoms with Crippen LogP contribution in [0.2, 0.25) is 0 Å². The quantitative estimate of drug-likeness (QED) is 0.313. The molecule has 1 aliphatic rings. The van der Waals surface area contributed by atoms with Gasteiger partial charge < -0.3 is 16.2 Å². The third-order valence-corrected chi connectivity index (χ3v) is 1.48. The van der Waals surface area contributed by atoms with Gasteiger partial charge >= 0.3 is 5.97 Å². The Morgan fingerprint density at radius 1 is 1.43 bits per heavy atom. The molecule has 80 valence electrons. The molecule has 0 aliphatic heterocycles. The molecule has 0 radical (unpaired) electrons. The Morgan fingerprint density at radius 3 is 2.00 bits per heavy atom. The maximum absolute atomic E-state index is 10.2. The van der Waals surface area contributed by atoms with E-state index < -0.39 is 11.8 Å². The van der Waals surface area contributed by atoms with E-state index >= 15 is 0 Å². The zero-order chi connectivity index (χ0) is 11.1. The van der Waals surface area contributed by atoms with Crippen LogP contribution in [0.1, 0.15) is 19.8 Å². The summed E-state index contributed by atoms with van der Waals surface area (Å²) in [6, 6.07) is 0. The van der Waals surface area contributed by atoms with E-state index in [0.717, 1.165) is 12.8 Å². The van der Waals surface area contributed by atoms with E-state index in [1.807, 2.05) is 0 Å². The van der Waals surface area contributed by atoms with E-state index in [4.69, 9.17) is 16.9 Å². The smallest absolute Gasteiger partial charge is 0.373 e. The van der Waals surface area contributed by atoms with Gasteiger partial charge in [0.05, 0.1) is 6.61 Å². The Balaban J connectivity index is 0.000000249. The topological polar surface area (TPSA) is 119 Å². The average molecular weight is 201 g/mol. The molecule has 0 unspecified atom stereocenters. The van der Waals surface area contributed by atoms with Crippen LogP contribution in [0, 0.1) is 11.3 Å². The van der Waals surface area contributed by atoms with Gasteiger partial charge in [-0.25, -0.2) is 4.79 Å². The Kier molecular flexibility index (Phi) is 5.28. The number of esters is 1. The molecule has 0 aromatic carbocycles. The largest absolute Gasteiger partial charge is 0.460 e. The highest BCUT2D eigenvalue weighted by Gasteiger charge is 2.26. The molecule has 14 heavy (non-hydrogen) atoms. The van der Waals surface area contributed by atoms with Gasteiger partial charge in [0.1, 0.15) is 0 Å². The first-order chi connectivity index (χ1) is 6.49. The van der Waals surface area contributed by atoms with Crippen LogP contribution in [0.15, 0.2) is 0 Å². The zero-order valence-electron chi connectivity index (χ0n) is 8.08. The van der Waals surface area contributed by atoms with Crippen LogP contribution in [0.4, 0.5) is 0 Å². The molecule has 0 heterocycles. The SMILES string of the molecule is CCOC(=O)C(=N)N.NC(=O)C1CC1. The number of carbonyl (C=O) groups excluding carboxylic acids is 2. The molecule has 1 amide bonds.